The van der Waals surface area contributed by atoms with Crippen molar-refractivity contribution in [2.24, 2.45) is 0 Å². The molecule has 3 rings (SSSR count). The Morgan fingerprint density at radius 3 is 2.64 bits per heavy atom. The van der Waals surface area contributed by atoms with Crippen LogP contribution in [0.4, 0.5) is 10.7 Å². The zero-order valence-electron chi connectivity index (χ0n) is 13.0. The molecular weight excluding hydrogens is 364 g/mol. The van der Waals surface area contributed by atoms with Gasteiger partial charge in [0, 0.05) is 6.07 Å². The quantitative estimate of drug-likeness (QED) is 0.686. The summed E-state index contributed by atoms with van der Waals surface area (Å²) in [7, 11) is 1.54. The Bertz CT molecular complexity index is 905. The fourth-order valence-corrected chi connectivity index (χ4v) is 3.03. The minimum Gasteiger partial charge on any atom is -0.497 e. The third-order valence-corrected chi connectivity index (χ3v) is 4.55. The summed E-state index contributed by atoms with van der Waals surface area (Å²) >= 11 is 7.26. The van der Waals surface area contributed by atoms with Crippen LogP contribution < -0.4 is 15.4 Å². The van der Waals surface area contributed by atoms with Crippen LogP contribution in [-0.4, -0.2) is 18.9 Å². The maximum absolute atomic E-state index is 12.3. The van der Waals surface area contributed by atoms with E-state index in [-0.39, 0.29) is 17.6 Å². The fraction of sp³-hybridized carbons (Fsp3) is 0.0588. The molecule has 2 heterocycles. The van der Waals surface area contributed by atoms with Crippen molar-refractivity contribution in [1.82, 2.24) is 0 Å². The first-order chi connectivity index (χ1) is 12.1. The van der Waals surface area contributed by atoms with Gasteiger partial charge in [-0.25, -0.2) is 0 Å². The molecule has 3 aromatic rings. The Hall–Kier alpha value is -2.77. The van der Waals surface area contributed by atoms with E-state index in [9.17, 15) is 9.59 Å². The molecule has 6 nitrogen and oxygen atoms in total. The van der Waals surface area contributed by atoms with E-state index in [1.165, 1.54) is 13.4 Å². The number of hydrogen-bond acceptors (Lipinski definition) is 5. The zero-order valence-corrected chi connectivity index (χ0v) is 14.6. The van der Waals surface area contributed by atoms with Gasteiger partial charge in [-0.05, 0) is 36.4 Å². The van der Waals surface area contributed by atoms with Gasteiger partial charge >= 0.3 is 0 Å². The minimum atomic E-state index is -0.378. The number of furan rings is 1. The third kappa shape index (κ3) is 4.01. The number of benzene rings is 1. The number of carbonyl (C=O) groups excluding carboxylic acids is 2. The number of ether oxygens (including phenoxy) is 1. The van der Waals surface area contributed by atoms with Gasteiger partial charge in [0.2, 0.25) is 0 Å². The molecule has 8 heteroatoms. The standard InChI is InChI=1S/C17H13ClN2O4S/c1-23-10-4-5-12(11(18)9-10)19-17(22)14-6-7-15(25-14)20-16(21)13-3-2-8-24-13/h2-9H,1H3,(H,19,22)(H,20,21). The molecule has 0 spiro atoms. The summed E-state index contributed by atoms with van der Waals surface area (Å²) in [5.74, 6) is 0.0963. The highest BCUT2D eigenvalue weighted by Crippen LogP contribution is 2.28. The highest BCUT2D eigenvalue weighted by atomic mass is 35.5. The van der Waals surface area contributed by atoms with Gasteiger partial charge in [-0.3, -0.25) is 9.59 Å². The third-order valence-electron chi connectivity index (χ3n) is 3.24. The Morgan fingerprint density at radius 2 is 1.96 bits per heavy atom. The maximum atomic E-state index is 12.3. The van der Waals surface area contributed by atoms with E-state index in [0.29, 0.717) is 26.3 Å². The first kappa shape index (κ1) is 17.1. The molecule has 0 saturated heterocycles. The van der Waals surface area contributed by atoms with Gasteiger partial charge in [0.05, 0.1) is 34.0 Å². The second kappa shape index (κ2) is 7.42. The molecule has 25 heavy (non-hydrogen) atoms. The molecule has 2 amide bonds. The lowest BCUT2D eigenvalue weighted by atomic mass is 10.3. The van der Waals surface area contributed by atoms with Crippen LogP contribution in [-0.2, 0) is 0 Å². The lowest BCUT2D eigenvalue weighted by molar-refractivity contribution is 0.0995. The lowest BCUT2D eigenvalue weighted by Gasteiger charge is -2.07. The Balaban J connectivity index is 1.67. The van der Waals surface area contributed by atoms with Crippen molar-refractivity contribution in [3.63, 3.8) is 0 Å². The summed E-state index contributed by atoms with van der Waals surface area (Å²) in [4.78, 5) is 24.7. The topological polar surface area (TPSA) is 80.6 Å². The van der Waals surface area contributed by atoms with E-state index in [1.54, 1.807) is 42.5 Å². The van der Waals surface area contributed by atoms with Crippen molar-refractivity contribution in [3.05, 3.63) is 64.4 Å². The lowest BCUT2D eigenvalue weighted by Crippen LogP contribution is -2.11. The fourth-order valence-electron chi connectivity index (χ4n) is 2.02. The predicted octanol–water partition coefficient (Wildman–Crippen LogP) is 4.51. The second-order valence-electron chi connectivity index (χ2n) is 4.90. The van der Waals surface area contributed by atoms with Crippen molar-refractivity contribution >= 4 is 45.4 Å². The number of amides is 2. The molecular formula is C17H13ClN2O4S. The highest BCUT2D eigenvalue weighted by molar-refractivity contribution is 7.18. The van der Waals surface area contributed by atoms with Crippen LogP contribution in [0.2, 0.25) is 5.02 Å². The molecule has 0 fully saturated rings. The molecule has 0 aliphatic carbocycles. The molecule has 0 aliphatic heterocycles. The minimum absolute atomic E-state index is 0.199. The Kier molecular flexibility index (Phi) is 5.06. The average molecular weight is 377 g/mol. The number of anilines is 2. The molecule has 128 valence electrons. The largest absolute Gasteiger partial charge is 0.497 e. The molecule has 0 saturated carbocycles. The van der Waals surface area contributed by atoms with Crippen molar-refractivity contribution in [1.29, 1.82) is 0 Å². The summed E-state index contributed by atoms with van der Waals surface area (Å²) in [6.07, 6.45) is 1.42. The molecule has 0 unspecified atom stereocenters. The van der Waals surface area contributed by atoms with Crippen LogP contribution in [0.1, 0.15) is 20.2 Å². The van der Waals surface area contributed by atoms with Gasteiger partial charge in [-0.1, -0.05) is 11.6 Å². The zero-order chi connectivity index (χ0) is 17.8. The van der Waals surface area contributed by atoms with Crippen molar-refractivity contribution in [2.45, 2.75) is 0 Å². The Morgan fingerprint density at radius 1 is 1.12 bits per heavy atom. The van der Waals surface area contributed by atoms with Gasteiger partial charge < -0.3 is 19.8 Å². The molecule has 2 N–H and O–H groups in total. The number of methoxy groups -OCH3 is 1. The van der Waals surface area contributed by atoms with E-state index in [1.807, 2.05) is 0 Å². The normalized spacial score (nSPS) is 10.3. The van der Waals surface area contributed by atoms with Crippen LogP contribution in [0, 0.1) is 0 Å². The van der Waals surface area contributed by atoms with Gasteiger partial charge in [-0.15, -0.1) is 11.3 Å². The number of rotatable bonds is 5. The van der Waals surface area contributed by atoms with E-state index in [0.717, 1.165) is 11.3 Å². The van der Waals surface area contributed by atoms with Gasteiger partial charge in [0.25, 0.3) is 11.8 Å². The first-order valence-electron chi connectivity index (χ1n) is 7.16. The molecule has 0 atom stereocenters. The van der Waals surface area contributed by atoms with Crippen LogP contribution >= 0.6 is 22.9 Å². The average Bonchev–Trinajstić information content (AvgIpc) is 3.28. The molecule has 0 aliphatic rings. The number of hydrogen-bond donors (Lipinski definition) is 2. The van der Waals surface area contributed by atoms with Crippen molar-refractivity contribution in [3.8, 4) is 5.75 Å². The maximum Gasteiger partial charge on any atom is 0.291 e. The van der Waals surface area contributed by atoms with E-state index < -0.39 is 0 Å². The van der Waals surface area contributed by atoms with Crippen LogP contribution in [0.15, 0.2) is 53.1 Å². The van der Waals surface area contributed by atoms with Gasteiger partial charge in [0.1, 0.15) is 5.75 Å². The molecule has 0 radical (unpaired) electrons. The van der Waals surface area contributed by atoms with E-state index >= 15 is 0 Å². The summed E-state index contributed by atoms with van der Waals surface area (Å²) in [5, 5.41) is 6.30. The SMILES string of the molecule is COc1ccc(NC(=O)c2ccc(NC(=O)c3ccco3)s2)c(Cl)c1. The molecule has 1 aromatic carbocycles. The van der Waals surface area contributed by atoms with Crippen molar-refractivity contribution in [2.75, 3.05) is 17.7 Å². The molecule has 0 bridgehead atoms. The van der Waals surface area contributed by atoms with Gasteiger partial charge in [-0.2, -0.15) is 0 Å². The first-order valence-corrected chi connectivity index (χ1v) is 8.36. The summed E-state index contributed by atoms with van der Waals surface area (Å²) in [5.41, 5.74) is 0.474. The second-order valence-corrected chi connectivity index (χ2v) is 6.39. The summed E-state index contributed by atoms with van der Waals surface area (Å²) < 4.78 is 10.1. The molecule has 2 aromatic heterocycles. The summed E-state index contributed by atoms with van der Waals surface area (Å²) in [6.45, 7) is 0. The Labute approximate surface area is 152 Å². The number of thiophene rings is 1. The smallest absolute Gasteiger partial charge is 0.291 e. The predicted molar refractivity (Wildman–Crippen MR) is 96.9 cm³/mol. The summed E-state index contributed by atoms with van der Waals surface area (Å²) in [6, 6.07) is 11.4. The van der Waals surface area contributed by atoms with Crippen LogP contribution in [0.3, 0.4) is 0 Å². The van der Waals surface area contributed by atoms with E-state index in [2.05, 4.69) is 10.6 Å². The number of nitrogens with one attached hydrogen (secondary N) is 2. The monoisotopic (exact) mass is 376 g/mol. The van der Waals surface area contributed by atoms with Crippen LogP contribution in [0.5, 0.6) is 5.75 Å². The number of carbonyl (C=O) groups is 2. The van der Waals surface area contributed by atoms with Crippen molar-refractivity contribution < 1.29 is 18.7 Å². The van der Waals surface area contributed by atoms with Crippen LogP contribution in [0.25, 0.3) is 0 Å². The van der Waals surface area contributed by atoms with Gasteiger partial charge in [0.15, 0.2) is 5.76 Å². The highest BCUT2D eigenvalue weighted by Gasteiger charge is 2.14. The van der Waals surface area contributed by atoms with E-state index in [4.69, 9.17) is 20.8 Å². The number of halogens is 1.